The Hall–Kier alpha value is -3.72. The molecule has 0 aliphatic carbocycles. The number of amides is 3. The molecule has 2 unspecified atom stereocenters. The molecule has 2 aromatic carbocycles. The van der Waals surface area contributed by atoms with Gasteiger partial charge in [0.2, 0.25) is 11.7 Å². The van der Waals surface area contributed by atoms with Crippen LogP contribution in [0.15, 0.2) is 54.6 Å². The summed E-state index contributed by atoms with van der Waals surface area (Å²) in [6.07, 6.45) is 1.60. The summed E-state index contributed by atoms with van der Waals surface area (Å²) in [5.74, 6) is -1.84. The fraction of sp³-hybridized carbons (Fsp3) is 0.484. The van der Waals surface area contributed by atoms with E-state index in [2.05, 4.69) is 45.1 Å². The van der Waals surface area contributed by atoms with Crippen LogP contribution >= 0.6 is 0 Å². The number of alkyl carbamates (subject to hydrolysis) is 1. The van der Waals surface area contributed by atoms with Crippen molar-refractivity contribution in [2.45, 2.75) is 71.7 Å². The first-order valence-corrected chi connectivity index (χ1v) is 14.2. The third-order valence-electron chi connectivity index (χ3n) is 6.94. The van der Waals surface area contributed by atoms with Gasteiger partial charge in [-0.05, 0) is 48.3 Å². The second kappa shape index (κ2) is 15.8. The Labute approximate surface area is 237 Å². The smallest absolute Gasteiger partial charge is 0.408 e. The Bertz CT molecular complexity index is 1140. The average Bonchev–Trinajstić information content (AvgIpc) is 2.96. The number of hydrogen-bond acceptors (Lipinski definition) is 6. The highest BCUT2D eigenvalue weighted by atomic mass is 16.5. The molecule has 3 rings (SSSR count). The topological polar surface area (TPSA) is 117 Å². The minimum absolute atomic E-state index is 0.0734. The van der Waals surface area contributed by atoms with Crippen LogP contribution < -0.4 is 16.0 Å². The number of hydrogen-bond donors (Lipinski definition) is 3. The SMILES string of the molecule is CCC(NC(=O)C(CC(C)C)NC(=O)OCc1ccccc1)C(=O)C(=O)NCCCN1CCc2ccccc2C1. The molecular formula is C31H42N4O5. The number of ether oxygens (including phenoxy) is 1. The zero-order chi connectivity index (χ0) is 28.9. The average molecular weight is 551 g/mol. The van der Waals surface area contributed by atoms with E-state index in [-0.39, 0.29) is 18.9 Å². The summed E-state index contributed by atoms with van der Waals surface area (Å²) in [6, 6.07) is 15.8. The van der Waals surface area contributed by atoms with Crippen molar-refractivity contribution in [1.29, 1.82) is 0 Å². The molecule has 0 aromatic heterocycles. The molecule has 1 aliphatic rings. The molecule has 0 radical (unpaired) electrons. The first-order valence-electron chi connectivity index (χ1n) is 14.2. The van der Waals surface area contributed by atoms with Gasteiger partial charge in [-0.2, -0.15) is 0 Å². The molecule has 0 saturated carbocycles. The number of fused-ring (bicyclic) bond motifs is 1. The summed E-state index contributed by atoms with van der Waals surface area (Å²) in [6.45, 7) is 8.70. The van der Waals surface area contributed by atoms with Crippen LogP contribution in [0.25, 0.3) is 0 Å². The van der Waals surface area contributed by atoms with Crippen LogP contribution in [-0.4, -0.2) is 60.3 Å². The standard InChI is InChI=1S/C31H42N4O5/c1-4-26(28(36)30(38)32-16-10-17-35-18-15-24-13-8-9-14-25(24)20-35)33-29(37)27(19-22(2)3)34-31(39)40-21-23-11-6-5-7-12-23/h5-9,11-14,22,26-27H,4,10,15-21H2,1-3H3,(H,32,38)(H,33,37)(H,34,39). The predicted molar refractivity (Wildman–Crippen MR) is 153 cm³/mol. The summed E-state index contributed by atoms with van der Waals surface area (Å²) in [7, 11) is 0. The van der Waals surface area contributed by atoms with Crippen LogP contribution in [0.3, 0.4) is 0 Å². The number of ketones is 1. The number of carbonyl (C=O) groups excluding carboxylic acids is 4. The normalized spacial score (nSPS) is 14.5. The van der Waals surface area contributed by atoms with Crippen LogP contribution in [0.4, 0.5) is 4.79 Å². The summed E-state index contributed by atoms with van der Waals surface area (Å²) < 4.78 is 5.26. The highest BCUT2D eigenvalue weighted by Gasteiger charge is 2.29. The molecule has 3 N–H and O–H groups in total. The van der Waals surface area contributed by atoms with E-state index in [0.717, 1.165) is 38.0 Å². The van der Waals surface area contributed by atoms with Crippen molar-refractivity contribution < 1.29 is 23.9 Å². The van der Waals surface area contributed by atoms with Gasteiger partial charge in [-0.25, -0.2) is 4.79 Å². The van der Waals surface area contributed by atoms with Crippen molar-refractivity contribution in [3.63, 3.8) is 0 Å². The van der Waals surface area contributed by atoms with Gasteiger partial charge in [0.15, 0.2) is 0 Å². The molecule has 2 atom stereocenters. The molecule has 1 heterocycles. The van der Waals surface area contributed by atoms with Crippen molar-refractivity contribution in [2.75, 3.05) is 19.6 Å². The van der Waals surface area contributed by atoms with Crippen molar-refractivity contribution in [3.05, 3.63) is 71.3 Å². The highest BCUT2D eigenvalue weighted by molar-refractivity contribution is 6.38. The summed E-state index contributed by atoms with van der Waals surface area (Å²) in [5.41, 5.74) is 3.55. The molecule has 9 nitrogen and oxygen atoms in total. The minimum atomic E-state index is -0.983. The molecule has 3 amide bonds. The van der Waals surface area contributed by atoms with Crippen LogP contribution in [0.5, 0.6) is 0 Å². The van der Waals surface area contributed by atoms with Crippen LogP contribution in [-0.2, 0) is 38.7 Å². The van der Waals surface area contributed by atoms with E-state index in [1.54, 1.807) is 6.92 Å². The fourth-order valence-corrected chi connectivity index (χ4v) is 4.73. The van der Waals surface area contributed by atoms with E-state index in [1.165, 1.54) is 11.1 Å². The lowest BCUT2D eigenvalue weighted by molar-refractivity contribution is -0.140. The first-order chi connectivity index (χ1) is 19.3. The Morgan fingerprint density at radius 1 is 0.925 bits per heavy atom. The fourth-order valence-electron chi connectivity index (χ4n) is 4.73. The molecule has 0 bridgehead atoms. The Morgan fingerprint density at radius 2 is 1.62 bits per heavy atom. The van der Waals surface area contributed by atoms with Crippen molar-refractivity contribution in [2.24, 2.45) is 5.92 Å². The van der Waals surface area contributed by atoms with E-state index >= 15 is 0 Å². The quantitative estimate of drug-likeness (QED) is 0.245. The lowest BCUT2D eigenvalue weighted by Crippen LogP contribution is -2.54. The number of nitrogens with one attached hydrogen (secondary N) is 3. The van der Waals surface area contributed by atoms with Gasteiger partial charge in [0.25, 0.3) is 5.91 Å². The molecule has 0 saturated heterocycles. The Balaban J connectivity index is 1.44. The molecular weight excluding hydrogens is 508 g/mol. The summed E-state index contributed by atoms with van der Waals surface area (Å²) in [5, 5.41) is 7.96. The number of Topliss-reactive ketones (excluding diaryl/α,β-unsaturated/α-hetero) is 1. The molecule has 9 heteroatoms. The lowest BCUT2D eigenvalue weighted by atomic mass is 10.00. The molecule has 1 aliphatic heterocycles. The summed E-state index contributed by atoms with van der Waals surface area (Å²) >= 11 is 0. The van der Waals surface area contributed by atoms with Crippen molar-refractivity contribution in [3.8, 4) is 0 Å². The molecule has 0 fully saturated rings. The Kier molecular flexibility index (Phi) is 12.1. The van der Waals surface area contributed by atoms with E-state index < -0.39 is 35.8 Å². The number of nitrogens with zero attached hydrogens (tertiary/aromatic N) is 1. The number of carbonyl (C=O) groups is 4. The van der Waals surface area contributed by atoms with Gasteiger partial charge in [0.05, 0.1) is 6.04 Å². The highest BCUT2D eigenvalue weighted by Crippen LogP contribution is 2.18. The maximum atomic E-state index is 13.0. The van der Waals surface area contributed by atoms with Crippen LogP contribution in [0.2, 0.25) is 0 Å². The third kappa shape index (κ3) is 9.79. The van der Waals surface area contributed by atoms with Gasteiger partial charge in [0, 0.05) is 26.2 Å². The van der Waals surface area contributed by atoms with Gasteiger partial charge in [-0.15, -0.1) is 0 Å². The second-order valence-electron chi connectivity index (χ2n) is 10.6. The second-order valence-corrected chi connectivity index (χ2v) is 10.6. The maximum Gasteiger partial charge on any atom is 0.408 e. The van der Waals surface area contributed by atoms with Gasteiger partial charge in [-0.3, -0.25) is 19.3 Å². The van der Waals surface area contributed by atoms with Gasteiger partial charge < -0.3 is 20.7 Å². The van der Waals surface area contributed by atoms with E-state index in [9.17, 15) is 19.2 Å². The largest absolute Gasteiger partial charge is 0.445 e. The van der Waals surface area contributed by atoms with E-state index in [4.69, 9.17) is 4.74 Å². The molecule has 0 spiro atoms. The monoisotopic (exact) mass is 550 g/mol. The van der Waals surface area contributed by atoms with Gasteiger partial charge in [0.1, 0.15) is 12.6 Å². The van der Waals surface area contributed by atoms with Crippen molar-refractivity contribution >= 4 is 23.7 Å². The molecule has 216 valence electrons. The zero-order valence-electron chi connectivity index (χ0n) is 23.8. The predicted octanol–water partition coefficient (Wildman–Crippen LogP) is 3.36. The Morgan fingerprint density at radius 3 is 2.33 bits per heavy atom. The number of benzene rings is 2. The van der Waals surface area contributed by atoms with E-state index in [1.807, 2.05) is 44.2 Å². The van der Waals surface area contributed by atoms with E-state index in [0.29, 0.717) is 13.0 Å². The summed E-state index contributed by atoms with van der Waals surface area (Å²) in [4.78, 5) is 53.2. The third-order valence-corrected chi connectivity index (χ3v) is 6.94. The molecule has 2 aromatic rings. The van der Waals surface area contributed by atoms with Crippen LogP contribution in [0, 0.1) is 5.92 Å². The van der Waals surface area contributed by atoms with Crippen LogP contribution in [0.1, 0.15) is 56.7 Å². The first kappa shape index (κ1) is 30.8. The number of rotatable bonds is 14. The van der Waals surface area contributed by atoms with Gasteiger partial charge in [-0.1, -0.05) is 75.4 Å². The van der Waals surface area contributed by atoms with Gasteiger partial charge >= 0.3 is 6.09 Å². The van der Waals surface area contributed by atoms with Crippen molar-refractivity contribution in [1.82, 2.24) is 20.9 Å². The lowest BCUT2D eigenvalue weighted by Gasteiger charge is -2.28. The zero-order valence-corrected chi connectivity index (χ0v) is 23.8. The molecule has 40 heavy (non-hydrogen) atoms. The minimum Gasteiger partial charge on any atom is -0.445 e. The maximum absolute atomic E-state index is 13.0.